The van der Waals surface area contributed by atoms with Crippen molar-refractivity contribution in [2.45, 2.75) is 44.6 Å². The maximum atomic E-state index is 3.68. The molecule has 3 aliphatic rings. The lowest BCUT2D eigenvalue weighted by molar-refractivity contribution is 0.158. The number of hydrogen-bond donors (Lipinski definition) is 1. The van der Waals surface area contributed by atoms with Gasteiger partial charge in [0, 0.05) is 12.6 Å². The molecule has 15 heavy (non-hydrogen) atoms. The molecule has 2 saturated heterocycles. The van der Waals surface area contributed by atoms with E-state index in [1.165, 1.54) is 64.7 Å². The van der Waals surface area contributed by atoms with E-state index in [-0.39, 0.29) is 0 Å². The van der Waals surface area contributed by atoms with Crippen molar-refractivity contribution < 1.29 is 0 Å². The summed E-state index contributed by atoms with van der Waals surface area (Å²) in [6, 6.07) is 0.869. The van der Waals surface area contributed by atoms with Crippen LogP contribution in [0.5, 0.6) is 0 Å². The van der Waals surface area contributed by atoms with Gasteiger partial charge >= 0.3 is 0 Å². The first kappa shape index (κ1) is 10.1. The first-order valence-electron chi connectivity index (χ1n) is 6.87. The van der Waals surface area contributed by atoms with Crippen molar-refractivity contribution in [3.63, 3.8) is 0 Å². The van der Waals surface area contributed by atoms with E-state index in [2.05, 4.69) is 10.2 Å². The molecule has 2 heteroatoms. The predicted octanol–water partition coefficient (Wildman–Crippen LogP) is 1.86. The summed E-state index contributed by atoms with van der Waals surface area (Å²) < 4.78 is 0. The summed E-state index contributed by atoms with van der Waals surface area (Å²) in [5.41, 5.74) is 0. The summed E-state index contributed by atoms with van der Waals surface area (Å²) in [5, 5.41) is 3.68. The lowest BCUT2D eigenvalue weighted by atomic mass is 9.88. The lowest BCUT2D eigenvalue weighted by Gasteiger charge is -2.34. The maximum absolute atomic E-state index is 3.68. The first-order chi connectivity index (χ1) is 7.42. The van der Waals surface area contributed by atoms with Crippen LogP contribution < -0.4 is 5.32 Å². The van der Waals surface area contributed by atoms with Crippen LogP contribution in [0, 0.1) is 11.8 Å². The van der Waals surface area contributed by atoms with Crippen molar-refractivity contribution in [2.75, 3.05) is 26.2 Å². The van der Waals surface area contributed by atoms with Gasteiger partial charge in [-0.05, 0) is 70.0 Å². The van der Waals surface area contributed by atoms with Gasteiger partial charge in [-0.15, -0.1) is 0 Å². The fraction of sp³-hybridized carbons (Fsp3) is 1.00. The molecule has 1 atom stereocenters. The highest BCUT2D eigenvalue weighted by molar-refractivity contribution is 4.87. The summed E-state index contributed by atoms with van der Waals surface area (Å²) in [6.07, 6.45) is 8.75. The van der Waals surface area contributed by atoms with Crippen LogP contribution in [0.4, 0.5) is 0 Å². The Labute approximate surface area is 93.4 Å². The Bertz CT molecular complexity index is 199. The number of nitrogens with zero attached hydrogens (tertiary/aromatic N) is 1. The van der Waals surface area contributed by atoms with Crippen LogP contribution in [0.1, 0.15) is 38.5 Å². The molecule has 3 fully saturated rings. The molecule has 86 valence electrons. The van der Waals surface area contributed by atoms with Gasteiger partial charge in [0.25, 0.3) is 0 Å². The molecule has 0 radical (unpaired) electrons. The Kier molecular flexibility index (Phi) is 2.98. The molecule has 1 N–H and O–H groups in total. The monoisotopic (exact) mass is 208 g/mol. The van der Waals surface area contributed by atoms with Crippen molar-refractivity contribution >= 4 is 0 Å². The molecule has 0 spiro atoms. The molecule has 1 aliphatic carbocycles. The van der Waals surface area contributed by atoms with Crippen molar-refractivity contribution in [3.8, 4) is 0 Å². The van der Waals surface area contributed by atoms with Gasteiger partial charge in [0.05, 0.1) is 0 Å². The largest absolute Gasteiger partial charge is 0.314 e. The minimum absolute atomic E-state index is 0.869. The van der Waals surface area contributed by atoms with Gasteiger partial charge in [0.1, 0.15) is 0 Å². The van der Waals surface area contributed by atoms with Crippen LogP contribution in [0.2, 0.25) is 0 Å². The summed E-state index contributed by atoms with van der Waals surface area (Å²) >= 11 is 0. The van der Waals surface area contributed by atoms with Crippen LogP contribution in [-0.2, 0) is 0 Å². The third-order valence-electron chi connectivity index (χ3n) is 4.51. The molecule has 1 saturated carbocycles. The second-order valence-corrected chi connectivity index (χ2v) is 5.78. The standard InChI is InChI=1S/C13H24N2/c1-2-13(14-7-1)12-5-8-15(9-6-12)10-11-3-4-11/h11-14H,1-10H2. The third kappa shape index (κ3) is 2.54. The van der Waals surface area contributed by atoms with Crippen molar-refractivity contribution in [1.82, 2.24) is 10.2 Å². The highest BCUT2D eigenvalue weighted by Crippen LogP contribution is 2.32. The second kappa shape index (κ2) is 4.42. The van der Waals surface area contributed by atoms with Gasteiger partial charge in [0.2, 0.25) is 0 Å². The van der Waals surface area contributed by atoms with E-state index in [9.17, 15) is 0 Å². The van der Waals surface area contributed by atoms with E-state index in [0.717, 1.165) is 17.9 Å². The fourth-order valence-corrected chi connectivity index (χ4v) is 3.32. The van der Waals surface area contributed by atoms with Crippen LogP contribution in [0.25, 0.3) is 0 Å². The van der Waals surface area contributed by atoms with Gasteiger partial charge in [0.15, 0.2) is 0 Å². The van der Waals surface area contributed by atoms with Crippen molar-refractivity contribution in [3.05, 3.63) is 0 Å². The third-order valence-corrected chi connectivity index (χ3v) is 4.51. The minimum Gasteiger partial charge on any atom is -0.314 e. The smallest absolute Gasteiger partial charge is 0.00967 e. The number of nitrogens with one attached hydrogen (secondary N) is 1. The Morgan fingerprint density at radius 3 is 2.40 bits per heavy atom. The average molecular weight is 208 g/mol. The highest BCUT2D eigenvalue weighted by atomic mass is 15.1. The van der Waals surface area contributed by atoms with E-state index < -0.39 is 0 Å². The highest BCUT2D eigenvalue weighted by Gasteiger charge is 2.30. The van der Waals surface area contributed by atoms with E-state index >= 15 is 0 Å². The quantitative estimate of drug-likeness (QED) is 0.761. The van der Waals surface area contributed by atoms with Crippen LogP contribution in [0.3, 0.4) is 0 Å². The Hall–Kier alpha value is -0.0800. The van der Waals surface area contributed by atoms with Gasteiger partial charge in [-0.1, -0.05) is 0 Å². The molecule has 2 nitrogen and oxygen atoms in total. The zero-order valence-electron chi connectivity index (χ0n) is 9.75. The average Bonchev–Trinajstić information content (AvgIpc) is 2.92. The fourth-order valence-electron chi connectivity index (χ4n) is 3.32. The van der Waals surface area contributed by atoms with E-state index in [1.54, 1.807) is 0 Å². The summed E-state index contributed by atoms with van der Waals surface area (Å²) in [4.78, 5) is 2.71. The molecule has 0 bridgehead atoms. The van der Waals surface area contributed by atoms with E-state index in [0.29, 0.717) is 0 Å². The van der Waals surface area contributed by atoms with Crippen LogP contribution in [-0.4, -0.2) is 37.1 Å². The van der Waals surface area contributed by atoms with E-state index in [1.807, 2.05) is 0 Å². The molecular formula is C13H24N2. The molecule has 0 amide bonds. The summed E-state index contributed by atoms with van der Waals surface area (Å²) in [5.74, 6) is 2.06. The zero-order chi connectivity index (χ0) is 10.1. The topological polar surface area (TPSA) is 15.3 Å². The number of likely N-dealkylation sites (tertiary alicyclic amines) is 1. The molecule has 0 aromatic carbocycles. The van der Waals surface area contributed by atoms with Gasteiger partial charge in [-0.25, -0.2) is 0 Å². The van der Waals surface area contributed by atoms with Crippen LogP contribution >= 0.6 is 0 Å². The Balaban J connectivity index is 1.42. The molecule has 0 aromatic rings. The molecule has 3 rings (SSSR count). The summed E-state index contributed by atoms with van der Waals surface area (Å²) in [6.45, 7) is 5.43. The van der Waals surface area contributed by atoms with Gasteiger partial charge < -0.3 is 10.2 Å². The molecular weight excluding hydrogens is 184 g/mol. The molecule has 2 aliphatic heterocycles. The predicted molar refractivity (Wildman–Crippen MR) is 62.9 cm³/mol. The second-order valence-electron chi connectivity index (χ2n) is 5.78. The van der Waals surface area contributed by atoms with Crippen molar-refractivity contribution in [1.29, 1.82) is 0 Å². The van der Waals surface area contributed by atoms with Gasteiger partial charge in [-0.3, -0.25) is 0 Å². The number of hydrogen-bond acceptors (Lipinski definition) is 2. The van der Waals surface area contributed by atoms with Crippen molar-refractivity contribution in [2.24, 2.45) is 11.8 Å². The zero-order valence-corrected chi connectivity index (χ0v) is 9.75. The SMILES string of the molecule is C1CNC(C2CCN(CC3CC3)CC2)C1. The van der Waals surface area contributed by atoms with Gasteiger partial charge in [-0.2, -0.15) is 0 Å². The van der Waals surface area contributed by atoms with Crippen LogP contribution in [0.15, 0.2) is 0 Å². The Morgan fingerprint density at radius 1 is 1.00 bits per heavy atom. The Morgan fingerprint density at radius 2 is 1.80 bits per heavy atom. The summed E-state index contributed by atoms with van der Waals surface area (Å²) in [7, 11) is 0. The molecule has 0 aromatic heterocycles. The lowest BCUT2D eigenvalue weighted by Crippen LogP contribution is -2.41. The number of rotatable bonds is 3. The minimum atomic E-state index is 0.869. The number of piperidine rings is 1. The normalized spacial score (nSPS) is 34.8. The first-order valence-corrected chi connectivity index (χ1v) is 6.87. The molecule has 1 unspecified atom stereocenters. The van der Waals surface area contributed by atoms with E-state index in [4.69, 9.17) is 0 Å². The molecule has 2 heterocycles. The maximum Gasteiger partial charge on any atom is 0.00967 e.